The van der Waals surface area contributed by atoms with Gasteiger partial charge in [0.05, 0.1) is 18.0 Å². The minimum atomic E-state index is -3.72. The van der Waals surface area contributed by atoms with Gasteiger partial charge in [-0.05, 0) is 56.1 Å². The molecule has 0 aliphatic heterocycles. The lowest BCUT2D eigenvalue weighted by Crippen LogP contribution is -2.37. The number of nitrogens with zero attached hydrogens (tertiary/aromatic N) is 1. The number of likely N-dealkylation sites (N-methyl/N-ethyl adjacent to an activating group) is 1. The van der Waals surface area contributed by atoms with E-state index in [-0.39, 0.29) is 17.5 Å². The largest absolute Gasteiger partial charge is 0.497 e. The van der Waals surface area contributed by atoms with Gasteiger partial charge in [-0.15, -0.1) is 0 Å². The summed E-state index contributed by atoms with van der Waals surface area (Å²) in [5.41, 5.74) is 0.988. The van der Waals surface area contributed by atoms with E-state index in [0.717, 1.165) is 11.3 Å². The Labute approximate surface area is 165 Å². The Bertz CT molecular complexity index is 866. The molecule has 0 spiro atoms. The van der Waals surface area contributed by atoms with Crippen molar-refractivity contribution in [2.45, 2.75) is 10.9 Å². The van der Waals surface area contributed by atoms with Crippen molar-refractivity contribution in [2.75, 3.05) is 33.5 Å². The summed E-state index contributed by atoms with van der Waals surface area (Å²) in [6, 6.07) is 13.2. The molecule has 0 heterocycles. The van der Waals surface area contributed by atoms with E-state index >= 15 is 0 Å². The zero-order valence-electron chi connectivity index (χ0n) is 15.5. The Hall–Kier alpha value is -2.09. The van der Waals surface area contributed by atoms with Crippen LogP contribution in [0.5, 0.6) is 5.75 Å². The molecule has 2 aromatic rings. The van der Waals surface area contributed by atoms with Crippen molar-refractivity contribution in [3.8, 4) is 5.75 Å². The van der Waals surface area contributed by atoms with Crippen molar-refractivity contribution in [3.63, 3.8) is 0 Å². The first-order valence-electron chi connectivity index (χ1n) is 8.28. The van der Waals surface area contributed by atoms with Crippen LogP contribution in [0.2, 0.25) is 5.02 Å². The Morgan fingerprint density at radius 1 is 1.11 bits per heavy atom. The summed E-state index contributed by atoms with van der Waals surface area (Å²) in [6.07, 6.45) is 0. The molecule has 6 nitrogen and oxygen atoms in total. The molecule has 8 heteroatoms. The van der Waals surface area contributed by atoms with E-state index in [1.807, 2.05) is 43.3 Å². The van der Waals surface area contributed by atoms with Crippen molar-refractivity contribution in [2.24, 2.45) is 0 Å². The van der Waals surface area contributed by atoms with Gasteiger partial charge in [0, 0.05) is 11.6 Å². The monoisotopic (exact) mass is 410 g/mol. The first kappa shape index (κ1) is 21.2. The van der Waals surface area contributed by atoms with Crippen LogP contribution in [0, 0.1) is 0 Å². The van der Waals surface area contributed by atoms with Crippen LogP contribution in [0.25, 0.3) is 0 Å². The lowest BCUT2D eigenvalue weighted by Gasteiger charge is -2.25. The van der Waals surface area contributed by atoms with Crippen LogP contribution in [0.15, 0.2) is 53.4 Å². The average molecular weight is 411 g/mol. The fourth-order valence-corrected chi connectivity index (χ4v) is 3.87. The van der Waals surface area contributed by atoms with E-state index in [2.05, 4.69) is 5.32 Å². The quantitative estimate of drug-likeness (QED) is 0.723. The minimum absolute atomic E-state index is 0.0707. The minimum Gasteiger partial charge on any atom is -0.497 e. The van der Waals surface area contributed by atoms with Crippen molar-refractivity contribution in [1.29, 1.82) is 0 Å². The van der Waals surface area contributed by atoms with Gasteiger partial charge >= 0.3 is 0 Å². The maximum Gasteiger partial charge on any atom is 0.235 e. The molecule has 0 bridgehead atoms. The van der Waals surface area contributed by atoms with Gasteiger partial charge in [-0.1, -0.05) is 23.7 Å². The van der Waals surface area contributed by atoms with Crippen LogP contribution in [0.3, 0.4) is 0 Å². The van der Waals surface area contributed by atoms with Gasteiger partial charge in [0.15, 0.2) is 9.84 Å². The first-order chi connectivity index (χ1) is 12.7. The molecule has 1 amide bonds. The highest BCUT2D eigenvalue weighted by molar-refractivity contribution is 7.92. The van der Waals surface area contributed by atoms with Gasteiger partial charge < -0.3 is 15.0 Å². The van der Waals surface area contributed by atoms with Crippen LogP contribution in [-0.2, 0) is 14.6 Å². The molecule has 0 saturated heterocycles. The summed E-state index contributed by atoms with van der Waals surface area (Å²) in [5, 5.41) is 3.15. The van der Waals surface area contributed by atoms with Crippen LogP contribution in [-0.4, -0.2) is 52.7 Å². The van der Waals surface area contributed by atoms with Gasteiger partial charge in [-0.25, -0.2) is 8.42 Å². The number of ether oxygens (including phenoxy) is 1. The van der Waals surface area contributed by atoms with E-state index in [0.29, 0.717) is 5.02 Å². The molecule has 2 rings (SSSR count). The predicted octanol–water partition coefficient (Wildman–Crippen LogP) is 2.54. The number of carbonyl (C=O) groups is 1. The maximum atomic E-state index is 12.3. The number of nitrogens with one attached hydrogen (secondary N) is 1. The van der Waals surface area contributed by atoms with E-state index in [4.69, 9.17) is 16.3 Å². The SMILES string of the molecule is COc1ccc(C(CNC(=O)CS(=O)(=O)c2ccc(Cl)cc2)N(C)C)cc1. The molecule has 0 aliphatic carbocycles. The van der Waals surface area contributed by atoms with Gasteiger partial charge in [0.2, 0.25) is 5.91 Å². The number of methoxy groups -OCH3 is 1. The van der Waals surface area contributed by atoms with Crippen molar-refractivity contribution < 1.29 is 17.9 Å². The zero-order valence-corrected chi connectivity index (χ0v) is 17.0. The molecule has 0 fully saturated rings. The van der Waals surface area contributed by atoms with Crippen molar-refractivity contribution >= 4 is 27.3 Å². The third-order valence-electron chi connectivity index (χ3n) is 4.11. The van der Waals surface area contributed by atoms with Gasteiger partial charge in [0.1, 0.15) is 11.5 Å². The Morgan fingerprint density at radius 2 is 1.70 bits per heavy atom. The molecule has 0 aromatic heterocycles. The molecule has 0 radical (unpaired) electrons. The number of hydrogen-bond donors (Lipinski definition) is 1. The highest BCUT2D eigenvalue weighted by Gasteiger charge is 2.21. The van der Waals surface area contributed by atoms with E-state index in [9.17, 15) is 13.2 Å². The standard InChI is InChI=1S/C19H23ClN2O4S/c1-22(2)18(14-4-8-16(26-3)9-5-14)12-21-19(23)13-27(24,25)17-10-6-15(20)7-11-17/h4-11,18H,12-13H2,1-3H3,(H,21,23). The summed E-state index contributed by atoms with van der Waals surface area (Å²) < 4.78 is 29.8. The Kier molecular flexibility index (Phi) is 7.24. The number of rotatable bonds is 8. The summed E-state index contributed by atoms with van der Waals surface area (Å²) in [5.74, 6) is -0.420. The highest BCUT2D eigenvalue weighted by Crippen LogP contribution is 2.21. The van der Waals surface area contributed by atoms with Crippen LogP contribution in [0.4, 0.5) is 0 Å². The fraction of sp³-hybridized carbons (Fsp3) is 0.316. The molecule has 0 saturated carbocycles. The second-order valence-electron chi connectivity index (χ2n) is 6.27. The van der Waals surface area contributed by atoms with Crippen molar-refractivity contribution in [1.82, 2.24) is 10.2 Å². The lowest BCUT2D eigenvalue weighted by atomic mass is 10.1. The Morgan fingerprint density at radius 3 is 2.22 bits per heavy atom. The first-order valence-corrected chi connectivity index (χ1v) is 10.3. The summed E-state index contributed by atoms with van der Waals surface area (Å²) in [6.45, 7) is 0.286. The van der Waals surface area contributed by atoms with Crippen molar-refractivity contribution in [3.05, 3.63) is 59.1 Å². The molecule has 146 valence electrons. The highest BCUT2D eigenvalue weighted by atomic mass is 35.5. The van der Waals surface area contributed by atoms with Crippen LogP contribution in [0.1, 0.15) is 11.6 Å². The summed E-state index contributed by atoms with van der Waals surface area (Å²) in [7, 11) is 1.67. The zero-order chi connectivity index (χ0) is 20.0. The molecule has 2 aromatic carbocycles. The normalized spacial score (nSPS) is 12.6. The fourth-order valence-electron chi connectivity index (χ4n) is 2.58. The second-order valence-corrected chi connectivity index (χ2v) is 8.70. The average Bonchev–Trinajstić information content (AvgIpc) is 2.62. The van der Waals surface area contributed by atoms with E-state index in [1.165, 1.54) is 24.3 Å². The Balaban J connectivity index is 2.01. The molecular formula is C19H23ClN2O4S. The number of halogens is 1. The predicted molar refractivity (Wildman–Crippen MR) is 106 cm³/mol. The number of sulfone groups is 1. The third kappa shape index (κ3) is 5.95. The van der Waals surface area contributed by atoms with E-state index < -0.39 is 21.5 Å². The molecule has 27 heavy (non-hydrogen) atoms. The summed E-state index contributed by atoms with van der Waals surface area (Å²) in [4.78, 5) is 14.2. The number of hydrogen-bond acceptors (Lipinski definition) is 5. The smallest absolute Gasteiger partial charge is 0.235 e. The molecule has 1 atom stereocenters. The topological polar surface area (TPSA) is 75.7 Å². The third-order valence-corrected chi connectivity index (χ3v) is 5.99. The van der Waals surface area contributed by atoms with Gasteiger partial charge in [0.25, 0.3) is 0 Å². The number of benzene rings is 2. The molecule has 1 unspecified atom stereocenters. The van der Waals surface area contributed by atoms with Crippen LogP contribution < -0.4 is 10.1 Å². The summed E-state index contributed by atoms with van der Waals surface area (Å²) >= 11 is 5.77. The van der Waals surface area contributed by atoms with Crippen LogP contribution >= 0.6 is 11.6 Å². The second kappa shape index (κ2) is 9.21. The maximum absolute atomic E-state index is 12.3. The number of carbonyl (C=O) groups excluding carboxylic acids is 1. The van der Waals surface area contributed by atoms with Gasteiger partial charge in [-0.3, -0.25) is 4.79 Å². The molecule has 1 N–H and O–H groups in total. The molecular weight excluding hydrogens is 388 g/mol. The van der Waals surface area contributed by atoms with E-state index in [1.54, 1.807) is 7.11 Å². The lowest BCUT2D eigenvalue weighted by molar-refractivity contribution is -0.118. The van der Waals surface area contributed by atoms with Gasteiger partial charge in [-0.2, -0.15) is 0 Å². The number of amides is 1. The molecule has 0 aliphatic rings.